The SMILES string of the molecule is CCCCCN1c2ccccc2N(CCCCC)C1OC. The second-order valence-corrected chi connectivity index (χ2v) is 5.85. The van der Waals surface area contributed by atoms with E-state index >= 15 is 0 Å². The molecule has 118 valence electrons. The minimum absolute atomic E-state index is 0.0658. The second kappa shape index (κ2) is 8.28. The summed E-state index contributed by atoms with van der Waals surface area (Å²) in [4.78, 5) is 4.86. The minimum Gasteiger partial charge on any atom is -0.344 e. The number of anilines is 2. The molecule has 0 atom stereocenters. The Hall–Kier alpha value is -1.22. The smallest absolute Gasteiger partial charge is 0.210 e. The van der Waals surface area contributed by atoms with Gasteiger partial charge in [0.1, 0.15) is 0 Å². The zero-order valence-electron chi connectivity index (χ0n) is 13.8. The predicted molar refractivity (Wildman–Crippen MR) is 91.0 cm³/mol. The molecule has 0 saturated heterocycles. The van der Waals surface area contributed by atoms with Crippen molar-refractivity contribution >= 4 is 11.4 Å². The molecule has 0 N–H and O–H groups in total. The number of fused-ring (bicyclic) bond motifs is 1. The summed E-state index contributed by atoms with van der Waals surface area (Å²) in [6.07, 6.45) is 7.61. The van der Waals surface area contributed by atoms with Crippen LogP contribution in [-0.4, -0.2) is 26.6 Å². The van der Waals surface area contributed by atoms with E-state index < -0.39 is 0 Å². The van der Waals surface area contributed by atoms with E-state index in [4.69, 9.17) is 4.74 Å². The molecule has 3 nitrogen and oxygen atoms in total. The Kier molecular flexibility index (Phi) is 6.37. The van der Waals surface area contributed by atoms with Crippen LogP contribution in [-0.2, 0) is 4.74 Å². The molecule has 0 unspecified atom stereocenters. The number of para-hydroxylation sites is 2. The summed E-state index contributed by atoms with van der Waals surface area (Å²) in [7, 11) is 1.83. The highest BCUT2D eigenvalue weighted by Crippen LogP contribution is 2.39. The van der Waals surface area contributed by atoms with Crippen LogP contribution in [0, 0.1) is 0 Å². The van der Waals surface area contributed by atoms with Crippen molar-refractivity contribution in [1.82, 2.24) is 0 Å². The Labute approximate surface area is 129 Å². The molecule has 0 amide bonds. The van der Waals surface area contributed by atoms with Gasteiger partial charge in [0, 0.05) is 20.2 Å². The molecule has 1 aliphatic heterocycles. The van der Waals surface area contributed by atoms with E-state index in [1.54, 1.807) is 0 Å². The maximum absolute atomic E-state index is 5.83. The van der Waals surface area contributed by atoms with Gasteiger partial charge in [-0.1, -0.05) is 51.7 Å². The van der Waals surface area contributed by atoms with Crippen LogP contribution in [0.25, 0.3) is 0 Å². The highest BCUT2D eigenvalue weighted by molar-refractivity contribution is 5.76. The molecule has 1 aromatic rings. The summed E-state index contributed by atoms with van der Waals surface area (Å²) in [5, 5.41) is 0. The number of hydrogen-bond donors (Lipinski definition) is 0. The summed E-state index contributed by atoms with van der Waals surface area (Å²) in [6, 6.07) is 8.72. The molecule has 0 fully saturated rings. The Morgan fingerprint density at radius 1 is 0.857 bits per heavy atom. The first-order chi connectivity index (χ1) is 10.3. The second-order valence-electron chi connectivity index (χ2n) is 5.85. The van der Waals surface area contributed by atoms with Crippen LogP contribution in [0.2, 0.25) is 0 Å². The first kappa shape index (κ1) is 16.2. The summed E-state index contributed by atoms with van der Waals surface area (Å²) >= 11 is 0. The fourth-order valence-electron chi connectivity index (χ4n) is 3.14. The lowest BCUT2D eigenvalue weighted by atomic mass is 10.2. The Bertz CT molecular complexity index is 384. The molecule has 0 aliphatic carbocycles. The third-order valence-electron chi connectivity index (χ3n) is 4.25. The molecule has 0 aromatic heterocycles. The van der Waals surface area contributed by atoms with Crippen molar-refractivity contribution < 1.29 is 4.74 Å². The van der Waals surface area contributed by atoms with Gasteiger partial charge in [-0.15, -0.1) is 0 Å². The van der Waals surface area contributed by atoms with E-state index in [2.05, 4.69) is 47.9 Å². The van der Waals surface area contributed by atoms with E-state index in [-0.39, 0.29) is 6.35 Å². The van der Waals surface area contributed by atoms with E-state index in [1.807, 2.05) is 7.11 Å². The van der Waals surface area contributed by atoms with E-state index in [1.165, 1.54) is 49.9 Å². The third kappa shape index (κ3) is 3.70. The first-order valence-corrected chi connectivity index (χ1v) is 8.48. The molecular weight excluding hydrogens is 260 g/mol. The Morgan fingerprint density at radius 3 is 1.71 bits per heavy atom. The van der Waals surface area contributed by atoms with Gasteiger partial charge in [0.15, 0.2) is 0 Å². The molecule has 0 saturated carbocycles. The van der Waals surface area contributed by atoms with Crippen LogP contribution in [0.15, 0.2) is 24.3 Å². The van der Waals surface area contributed by atoms with Crippen molar-refractivity contribution in [3.05, 3.63) is 24.3 Å². The van der Waals surface area contributed by atoms with Crippen LogP contribution >= 0.6 is 0 Å². The number of ether oxygens (including phenoxy) is 1. The number of nitrogens with zero attached hydrogens (tertiary/aromatic N) is 2. The van der Waals surface area contributed by atoms with Crippen molar-refractivity contribution in [2.45, 2.75) is 58.7 Å². The van der Waals surface area contributed by atoms with Crippen molar-refractivity contribution in [2.75, 3.05) is 30.0 Å². The molecule has 1 heterocycles. The van der Waals surface area contributed by atoms with Gasteiger partial charge >= 0.3 is 0 Å². The monoisotopic (exact) mass is 290 g/mol. The van der Waals surface area contributed by atoms with Crippen LogP contribution in [0.3, 0.4) is 0 Å². The molecule has 0 radical (unpaired) electrons. The molecule has 0 spiro atoms. The molecule has 3 heteroatoms. The molecule has 2 rings (SSSR count). The van der Waals surface area contributed by atoms with Gasteiger partial charge in [-0.05, 0) is 25.0 Å². The lowest BCUT2D eigenvalue weighted by Crippen LogP contribution is -2.45. The first-order valence-electron chi connectivity index (χ1n) is 8.48. The molecule has 1 aliphatic rings. The fourth-order valence-corrected chi connectivity index (χ4v) is 3.14. The molecular formula is C18H30N2O. The number of rotatable bonds is 9. The third-order valence-corrected chi connectivity index (χ3v) is 4.25. The van der Waals surface area contributed by atoms with Gasteiger partial charge < -0.3 is 14.5 Å². The zero-order valence-corrected chi connectivity index (χ0v) is 13.8. The van der Waals surface area contributed by atoms with Gasteiger partial charge in [-0.25, -0.2) is 0 Å². The van der Waals surface area contributed by atoms with Gasteiger partial charge in [-0.3, -0.25) is 0 Å². The fraction of sp³-hybridized carbons (Fsp3) is 0.667. The van der Waals surface area contributed by atoms with E-state index in [9.17, 15) is 0 Å². The Balaban J connectivity index is 2.13. The lowest BCUT2D eigenvalue weighted by molar-refractivity contribution is 0.101. The Morgan fingerprint density at radius 2 is 1.33 bits per heavy atom. The van der Waals surface area contributed by atoms with E-state index in [0.717, 1.165) is 13.1 Å². The van der Waals surface area contributed by atoms with Crippen LogP contribution in [0.5, 0.6) is 0 Å². The summed E-state index contributed by atoms with van der Waals surface area (Å²) in [5.41, 5.74) is 2.66. The maximum Gasteiger partial charge on any atom is 0.210 e. The number of benzene rings is 1. The average molecular weight is 290 g/mol. The highest BCUT2D eigenvalue weighted by atomic mass is 16.5. The standard InChI is InChI=1S/C18H30N2O/c1-4-6-10-14-19-16-12-8-9-13-17(16)20(18(19)21-3)15-11-7-5-2/h8-9,12-13,18H,4-7,10-11,14-15H2,1-3H3. The molecule has 21 heavy (non-hydrogen) atoms. The van der Waals surface area contributed by atoms with Crippen LogP contribution in [0.1, 0.15) is 52.4 Å². The zero-order chi connectivity index (χ0) is 15.1. The van der Waals surface area contributed by atoms with Crippen LogP contribution < -0.4 is 9.80 Å². The topological polar surface area (TPSA) is 15.7 Å². The average Bonchev–Trinajstić information content (AvgIpc) is 2.82. The molecule has 1 aromatic carbocycles. The largest absolute Gasteiger partial charge is 0.344 e. The number of hydrogen-bond acceptors (Lipinski definition) is 3. The minimum atomic E-state index is 0.0658. The van der Waals surface area contributed by atoms with Gasteiger partial charge in [0.05, 0.1) is 11.4 Å². The lowest BCUT2D eigenvalue weighted by Gasteiger charge is -2.31. The normalized spacial score (nSPS) is 14.8. The van der Waals surface area contributed by atoms with Crippen molar-refractivity contribution in [3.63, 3.8) is 0 Å². The van der Waals surface area contributed by atoms with Gasteiger partial charge in [0.25, 0.3) is 0 Å². The maximum atomic E-state index is 5.83. The van der Waals surface area contributed by atoms with Crippen molar-refractivity contribution in [1.29, 1.82) is 0 Å². The number of methoxy groups -OCH3 is 1. The summed E-state index contributed by atoms with van der Waals surface area (Å²) in [6.45, 7) is 6.66. The highest BCUT2D eigenvalue weighted by Gasteiger charge is 2.34. The predicted octanol–water partition coefficient (Wildman–Crippen LogP) is 4.62. The van der Waals surface area contributed by atoms with Gasteiger partial charge in [0.2, 0.25) is 6.35 Å². The number of unbranched alkanes of at least 4 members (excludes halogenated alkanes) is 4. The summed E-state index contributed by atoms with van der Waals surface area (Å²) < 4.78 is 5.83. The van der Waals surface area contributed by atoms with Crippen molar-refractivity contribution in [3.8, 4) is 0 Å². The van der Waals surface area contributed by atoms with E-state index in [0.29, 0.717) is 0 Å². The van der Waals surface area contributed by atoms with Gasteiger partial charge in [-0.2, -0.15) is 0 Å². The van der Waals surface area contributed by atoms with Crippen LogP contribution in [0.4, 0.5) is 11.4 Å². The quantitative estimate of drug-likeness (QED) is 0.617. The summed E-state index contributed by atoms with van der Waals surface area (Å²) in [5.74, 6) is 0. The van der Waals surface area contributed by atoms with Crippen molar-refractivity contribution in [2.24, 2.45) is 0 Å². The molecule has 0 bridgehead atoms.